The van der Waals surface area contributed by atoms with Gasteiger partial charge in [-0.15, -0.1) is 0 Å². The zero-order valence-corrected chi connectivity index (χ0v) is 13.4. The van der Waals surface area contributed by atoms with E-state index in [1.54, 1.807) is 7.05 Å². The molecule has 2 aliphatic heterocycles. The first-order valence-corrected chi connectivity index (χ1v) is 8.05. The highest BCUT2D eigenvalue weighted by Gasteiger charge is 2.41. The van der Waals surface area contributed by atoms with Crippen molar-refractivity contribution < 1.29 is 14.3 Å². The predicted molar refractivity (Wildman–Crippen MR) is 85.9 cm³/mol. The van der Waals surface area contributed by atoms with Crippen molar-refractivity contribution in [1.29, 1.82) is 0 Å². The molecule has 2 heterocycles. The molecule has 0 unspecified atom stereocenters. The number of benzene rings is 1. The summed E-state index contributed by atoms with van der Waals surface area (Å²) in [7, 11) is 1.64. The van der Waals surface area contributed by atoms with Gasteiger partial charge in [-0.1, -0.05) is 30.3 Å². The van der Waals surface area contributed by atoms with Crippen molar-refractivity contribution in [2.24, 2.45) is 0 Å². The first kappa shape index (κ1) is 16.0. The van der Waals surface area contributed by atoms with Crippen LogP contribution in [0, 0.1) is 0 Å². The lowest BCUT2D eigenvalue weighted by molar-refractivity contribution is -0.130. The van der Waals surface area contributed by atoms with E-state index in [9.17, 15) is 9.59 Å². The number of ether oxygens (including phenoxy) is 1. The molecule has 1 aromatic carbocycles. The molecule has 2 atom stereocenters. The molecule has 6 heteroatoms. The summed E-state index contributed by atoms with van der Waals surface area (Å²) in [4.78, 5) is 28.2. The fraction of sp³-hybridized carbons (Fsp3) is 0.529. The summed E-state index contributed by atoms with van der Waals surface area (Å²) < 4.78 is 5.81. The molecule has 0 bridgehead atoms. The number of hydrogen-bond donors (Lipinski definition) is 1. The first-order valence-electron chi connectivity index (χ1n) is 8.05. The molecule has 23 heavy (non-hydrogen) atoms. The van der Waals surface area contributed by atoms with Crippen LogP contribution in [0.15, 0.2) is 30.3 Å². The second kappa shape index (κ2) is 7.10. The first-order chi connectivity index (χ1) is 11.2. The van der Waals surface area contributed by atoms with Gasteiger partial charge in [-0.3, -0.25) is 14.5 Å². The van der Waals surface area contributed by atoms with E-state index in [1.807, 2.05) is 35.2 Å². The molecule has 0 aliphatic carbocycles. The molecule has 0 aromatic heterocycles. The Morgan fingerprint density at radius 2 is 2.04 bits per heavy atom. The van der Waals surface area contributed by atoms with Crippen LogP contribution in [0.2, 0.25) is 0 Å². The van der Waals surface area contributed by atoms with Gasteiger partial charge >= 0.3 is 0 Å². The van der Waals surface area contributed by atoms with Crippen LogP contribution < -0.4 is 5.32 Å². The zero-order valence-electron chi connectivity index (χ0n) is 13.4. The normalized spacial score (nSPS) is 24.3. The molecule has 0 radical (unpaired) electrons. The maximum atomic E-state index is 12.5. The average Bonchev–Trinajstić information content (AvgIpc) is 3.01. The molecule has 1 N–H and O–H groups in total. The number of nitrogens with one attached hydrogen (secondary N) is 1. The Morgan fingerprint density at radius 1 is 1.26 bits per heavy atom. The van der Waals surface area contributed by atoms with Gasteiger partial charge in [0.25, 0.3) is 0 Å². The SMILES string of the molecule is CNC(=O)CN1CCO[C@@H]2CN(C(=O)Cc3ccccc3)C[C@@H]21. The molecule has 3 rings (SSSR count). The lowest BCUT2D eigenvalue weighted by Crippen LogP contribution is -2.53. The van der Waals surface area contributed by atoms with Crippen molar-refractivity contribution in [3.05, 3.63) is 35.9 Å². The number of likely N-dealkylation sites (N-methyl/N-ethyl adjacent to an activating group) is 1. The number of likely N-dealkylation sites (tertiary alicyclic amines) is 1. The number of fused-ring (bicyclic) bond motifs is 1. The Bertz CT molecular complexity index is 563. The zero-order chi connectivity index (χ0) is 16.2. The minimum absolute atomic E-state index is 0.000267. The summed E-state index contributed by atoms with van der Waals surface area (Å²) in [6.45, 7) is 2.95. The third-order valence-electron chi connectivity index (χ3n) is 4.59. The highest BCUT2D eigenvalue weighted by molar-refractivity contribution is 5.79. The molecular weight excluding hydrogens is 294 g/mol. The van der Waals surface area contributed by atoms with E-state index in [-0.39, 0.29) is 24.0 Å². The topological polar surface area (TPSA) is 61.9 Å². The maximum Gasteiger partial charge on any atom is 0.233 e. The van der Waals surface area contributed by atoms with E-state index < -0.39 is 0 Å². The van der Waals surface area contributed by atoms with Crippen molar-refractivity contribution in [2.75, 3.05) is 39.8 Å². The summed E-state index contributed by atoms with van der Waals surface area (Å²) in [6.07, 6.45) is 0.420. The average molecular weight is 317 g/mol. The Kier molecular flexibility index (Phi) is 4.93. The number of amides is 2. The van der Waals surface area contributed by atoms with Gasteiger partial charge in [-0.2, -0.15) is 0 Å². The molecule has 2 fully saturated rings. The predicted octanol–water partition coefficient (Wildman–Crippen LogP) is -0.113. The van der Waals surface area contributed by atoms with Crippen LogP contribution in [-0.4, -0.2) is 73.6 Å². The summed E-state index contributed by atoms with van der Waals surface area (Å²) in [5.41, 5.74) is 1.02. The van der Waals surface area contributed by atoms with Crippen LogP contribution in [0.5, 0.6) is 0 Å². The lowest BCUT2D eigenvalue weighted by Gasteiger charge is -2.35. The third-order valence-corrected chi connectivity index (χ3v) is 4.59. The molecule has 1 aromatic rings. The molecule has 2 saturated heterocycles. The van der Waals surface area contributed by atoms with Gasteiger partial charge in [0, 0.05) is 26.7 Å². The Hall–Kier alpha value is -1.92. The summed E-state index contributed by atoms with van der Waals surface area (Å²) in [5, 5.41) is 2.66. The van der Waals surface area contributed by atoms with Gasteiger partial charge in [0.1, 0.15) is 0 Å². The molecule has 6 nitrogen and oxygen atoms in total. The van der Waals surface area contributed by atoms with Crippen molar-refractivity contribution in [2.45, 2.75) is 18.6 Å². The Labute approximate surface area is 136 Å². The van der Waals surface area contributed by atoms with Crippen LogP contribution in [-0.2, 0) is 20.7 Å². The van der Waals surface area contributed by atoms with Crippen LogP contribution >= 0.6 is 0 Å². The van der Waals surface area contributed by atoms with Crippen LogP contribution in [0.3, 0.4) is 0 Å². The minimum atomic E-state index is -0.000267. The van der Waals surface area contributed by atoms with Gasteiger partial charge in [-0.25, -0.2) is 0 Å². The summed E-state index contributed by atoms with van der Waals surface area (Å²) in [6, 6.07) is 9.88. The van der Waals surface area contributed by atoms with Crippen molar-refractivity contribution >= 4 is 11.8 Å². The molecule has 124 valence electrons. The minimum Gasteiger partial charge on any atom is -0.373 e. The maximum absolute atomic E-state index is 12.5. The van der Waals surface area contributed by atoms with E-state index in [0.717, 1.165) is 12.1 Å². The molecule has 0 saturated carbocycles. The summed E-state index contributed by atoms with van der Waals surface area (Å²) >= 11 is 0. The monoisotopic (exact) mass is 317 g/mol. The number of carbonyl (C=O) groups excluding carboxylic acids is 2. The van der Waals surface area contributed by atoms with Gasteiger partial charge in [0.15, 0.2) is 0 Å². The Morgan fingerprint density at radius 3 is 2.78 bits per heavy atom. The van der Waals surface area contributed by atoms with Crippen molar-refractivity contribution in [3.8, 4) is 0 Å². The van der Waals surface area contributed by atoms with E-state index in [2.05, 4.69) is 10.2 Å². The molecule has 2 aliphatic rings. The second-order valence-corrected chi connectivity index (χ2v) is 6.08. The quantitative estimate of drug-likeness (QED) is 0.841. The number of morpholine rings is 1. The van der Waals surface area contributed by atoms with Crippen LogP contribution in [0.25, 0.3) is 0 Å². The van der Waals surface area contributed by atoms with E-state index in [1.165, 1.54) is 0 Å². The van der Waals surface area contributed by atoms with E-state index >= 15 is 0 Å². The fourth-order valence-corrected chi connectivity index (χ4v) is 3.30. The molecular formula is C17H23N3O3. The third kappa shape index (κ3) is 3.71. The smallest absolute Gasteiger partial charge is 0.233 e. The van der Waals surface area contributed by atoms with E-state index in [0.29, 0.717) is 32.7 Å². The van der Waals surface area contributed by atoms with Gasteiger partial charge < -0.3 is 15.0 Å². The highest BCUT2D eigenvalue weighted by atomic mass is 16.5. The molecule has 0 spiro atoms. The second-order valence-electron chi connectivity index (χ2n) is 6.08. The van der Waals surface area contributed by atoms with Gasteiger partial charge in [-0.05, 0) is 5.56 Å². The number of rotatable bonds is 4. The standard InChI is InChI=1S/C17H23N3O3/c1-18-16(21)12-19-7-8-23-15-11-20(10-14(15)19)17(22)9-13-5-3-2-4-6-13/h2-6,14-15H,7-12H2,1H3,(H,18,21)/t14-,15+/m0/s1. The number of carbonyl (C=O) groups is 2. The lowest BCUT2D eigenvalue weighted by atomic mass is 10.1. The molecule has 2 amide bonds. The van der Waals surface area contributed by atoms with Gasteiger partial charge in [0.05, 0.1) is 31.7 Å². The highest BCUT2D eigenvalue weighted by Crippen LogP contribution is 2.23. The van der Waals surface area contributed by atoms with E-state index in [4.69, 9.17) is 4.74 Å². The largest absolute Gasteiger partial charge is 0.373 e. The Balaban J connectivity index is 1.61. The van der Waals surface area contributed by atoms with Gasteiger partial charge in [0.2, 0.25) is 11.8 Å². The van der Waals surface area contributed by atoms with Crippen molar-refractivity contribution in [1.82, 2.24) is 15.1 Å². The number of hydrogen-bond acceptors (Lipinski definition) is 4. The van der Waals surface area contributed by atoms with Crippen LogP contribution in [0.4, 0.5) is 0 Å². The van der Waals surface area contributed by atoms with Crippen molar-refractivity contribution in [3.63, 3.8) is 0 Å². The summed E-state index contributed by atoms with van der Waals surface area (Å²) in [5.74, 6) is 0.119. The van der Waals surface area contributed by atoms with Crippen LogP contribution in [0.1, 0.15) is 5.56 Å². The fourth-order valence-electron chi connectivity index (χ4n) is 3.30. The number of nitrogens with zero attached hydrogens (tertiary/aromatic N) is 2.